The summed E-state index contributed by atoms with van der Waals surface area (Å²) in [5, 5.41) is 30.9. The molecule has 19 nitrogen and oxygen atoms in total. The smallest absolute Gasteiger partial charge is 0.363 e. The van der Waals surface area contributed by atoms with Gasteiger partial charge in [-0.3, -0.25) is 38.4 Å². The van der Waals surface area contributed by atoms with Crippen LogP contribution < -0.4 is 26.6 Å². The molecule has 1 aliphatic heterocycles. The van der Waals surface area contributed by atoms with Gasteiger partial charge in [-0.25, -0.2) is 9.59 Å². The van der Waals surface area contributed by atoms with Crippen molar-refractivity contribution in [2.45, 2.75) is 84.2 Å². The van der Waals surface area contributed by atoms with Crippen LogP contribution in [-0.2, 0) is 43.2 Å². The lowest BCUT2D eigenvalue weighted by Crippen LogP contribution is -2.52. The summed E-state index contributed by atoms with van der Waals surface area (Å²) < 4.78 is 0. The largest absolute Gasteiger partial charge is 0.481 e. The van der Waals surface area contributed by atoms with Gasteiger partial charge in [-0.1, -0.05) is 30.7 Å². The number of amides is 7. The number of hydrogen-bond donors (Lipinski definition) is 7. The van der Waals surface area contributed by atoms with Gasteiger partial charge in [0.1, 0.15) is 12.1 Å². The Morgan fingerprint density at radius 3 is 2.07 bits per heavy atom. The lowest BCUT2D eigenvalue weighted by atomic mass is 10.1. The zero-order valence-electron chi connectivity index (χ0n) is 30.7. The Labute approximate surface area is 316 Å². The van der Waals surface area contributed by atoms with Crippen LogP contribution in [0.4, 0.5) is 0 Å². The second-order valence-corrected chi connectivity index (χ2v) is 12.3. The molecule has 1 aliphatic rings. The highest BCUT2D eigenvalue weighted by Gasteiger charge is 2.33. The second kappa shape index (κ2) is 22.6. The zero-order valence-corrected chi connectivity index (χ0v) is 30.7. The van der Waals surface area contributed by atoms with Crippen molar-refractivity contribution in [2.24, 2.45) is 0 Å². The molecular weight excluding hydrogens is 724 g/mol. The van der Waals surface area contributed by atoms with Crippen molar-refractivity contribution < 1.29 is 63.0 Å². The SMILES string of the molecule is C/C=C(\C=C(\C)CC)C(=O)NCCCCC(NC(=O)CNC(=O)[C@@H](CCC(=O)O)NC(=O)CNC(=O)c1cccc(C(=O)ON2C(=O)CCC2=O)c1)C(=O)O. The summed E-state index contributed by atoms with van der Waals surface area (Å²) in [7, 11) is 0. The van der Waals surface area contributed by atoms with Gasteiger partial charge in [0.2, 0.25) is 17.7 Å². The maximum absolute atomic E-state index is 12.9. The number of unbranched alkanes of at least 4 members (excludes halogenated alkanes) is 1. The molecule has 2 rings (SSSR count). The number of aliphatic carboxylic acids is 2. The fourth-order valence-corrected chi connectivity index (χ4v) is 4.84. The first-order chi connectivity index (χ1) is 26.1. The molecule has 1 unspecified atom stereocenters. The average molecular weight is 771 g/mol. The number of carboxylic acids is 2. The third kappa shape index (κ3) is 15.6. The number of carboxylic acid groups (broad SMARTS) is 2. The van der Waals surface area contributed by atoms with E-state index in [-0.39, 0.29) is 42.8 Å². The Morgan fingerprint density at radius 1 is 0.855 bits per heavy atom. The monoisotopic (exact) mass is 770 g/mol. The molecule has 1 fully saturated rings. The molecule has 1 heterocycles. The number of hydroxylamine groups is 2. The lowest BCUT2D eigenvalue weighted by molar-refractivity contribution is -0.172. The first-order valence-corrected chi connectivity index (χ1v) is 17.4. The Hall–Kier alpha value is -6.40. The van der Waals surface area contributed by atoms with E-state index in [0.29, 0.717) is 23.5 Å². The van der Waals surface area contributed by atoms with Crippen LogP contribution in [0.3, 0.4) is 0 Å². The molecule has 1 aromatic rings. The third-order valence-corrected chi connectivity index (χ3v) is 8.04. The van der Waals surface area contributed by atoms with Crippen molar-refractivity contribution in [1.29, 1.82) is 0 Å². The number of imide groups is 1. The highest BCUT2D eigenvalue weighted by atomic mass is 16.7. The Kier molecular flexibility index (Phi) is 18.4. The molecule has 0 saturated carbocycles. The highest BCUT2D eigenvalue weighted by Crippen LogP contribution is 2.15. The summed E-state index contributed by atoms with van der Waals surface area (Å²) in [5.41, 5.74) is 1.26. The van der Waals surface area contributed by atoms with E-state index >= 15 is 0 Å². The standard InChI is InChI=1S/C36H46N6O13/c1-4-21(3)17-22(5-2)32(49)37-16-7-6-11-26(35(52)53)41-28(44)20-39-34(51)25(12-15-31(47)48)40-27(43)19-38-33(50)23-9-8-10-24(18-23)36(54)55-42-29(45)13-14-30(42)46/h5,8-10,17-18,25-26H,4,6-7,11-16,19-20H2,1-3H3,(H,37,49)(H,38,50)(H,39,51)(H,40,43)(H,41,44)(H,47,48)(H,52,53)/b21-17-,22-5+/t25-,26?/m1/s1. The molecule has 0 bridgehead atoms. The molecule has 0 radical (unpaired) electrons. The van der Waals surface area contributed by atoms with E-state index < -0.39 is 91.4 Å². The van der Waals surface area contributed by atoms with Crippen LogP contribution in [0.25, 0.3) is 0 Å². The normalized spacial score (nSPS) is 14.0. The summed E-state index contributed by atoms with van der Waals surface area (Å²) in [6.45, 7) is 4.50. The van der Waals surface area contributed by atoms with E-state index in [1.165, 1.54) is 18.2 Å². The molecule has 2 atom stereocenters. The van der Waals surface area contributed by atoms with Crippen molar-refractivity contribution in [3.8, 4) is 0 Å². The quantitative estimate of drug-likeness (QED) is 0.0361. The minimum atomic E-state index is -1.46. The van der Waals surface area contributed by atoms with Crippen LogP contribution in [-0.4, -0.2) is 106 Å². The molecule has 0 aliphatic carbocycles. The molecule has 7 amide bonds. The number of nitrogens with one attached hydrogen (secondary N) is 5. The van der Waals surface area contributed by atoms with Crippen molar-refractivity contribution in [1.82, 2.24) is 31.6 Å². The molecule has 1 saturated heterocycles. The molecule has 0 spiro atoms. The first kappa shape index (κ1) is 44.8. The van der Waals surface area contributed by atoms with E-state index in [0.717, 1.165) is 18.1 Å². The maximum atomic E-state index is 12.9. The number of carbonyl (C=O) groups is 10. The topological polar surface area (TPSA) is 284 Å². The minimum absolute atomic E-state index is 0.0220. The summed E-state index contributed by atoms with van der Waals surface area (Å²) in [5.74, 6) is -8.92. The van der Waals surface area contributed by atoms with Gasteiger partial charge in [-0.2, -0.15) is 0 Å². The number of nitrogens with zero attached hydrogens (tertiary/aromatic N) is 1. The third-order valence-electron chi connectivity index (χ3n) is 8.04. The number of carbonyl (C=O) groups excluding carboxylic acids is 8. The van der Waals surface area contributed by atoms with Gasteiger partial charge in [0.05, 0.1) is 18.7 Å². The molecule has 55 heavy (non-hydrogen) atoms. The van der Waals surface area contributed by atoms with Crippen molar-refractivity contribution in [3.63, 3.8) is 0 Å². The summed E-state index contributed by atoms with van der Waals surface area (Å²) in [4.78, 5) is 127. The summed E-state index contributed by atoms with van der Waals surface area (Å²) in [6.07, 6.45) is 3.87. The van der Waals surface area contributed by atoms with Crippen LogP contribution in [0.2, 0.25) is 0 Å². The van der Waals surface area contributed by atoms with Crippen molar-refractivity contribution in [3.05, 3.63) is 58.7 Å². The number of benzene rings is 1. The van der Waals surface area contributed by atoms with Gasteiger partial charge in [0.15, 0.2) is 0 Å². The minimum Gasteiger partial charge on any atom is -0.481 e. The Morgan fingerprint density at radius 2 is 1.47 bits per heavy atom. The number of rotatable bonds is 22. The second-order valence-electron chi connectivity index (χ2n) is 12.3. The summed E-state index contributed by atoms with van der Waals surface area (Å²) >= 11 is 0. The lowest BCUT2D eigenvalue weighted by Gasteiger charge is -2.19. The predicted molar refractivity (Wildman–Crippen MR) is 191 cm³/mol. The van der Waals surface area contributed by atoms with E-state index in [1.807, 2.05) is 13.8 Å². The zero-order chi connectivity index (χ0) is 41.1. The summed E-state index contributed by atoms with van der Waals surface area (Å²) in [6, 6.07) is 2.21. The van der Waals surface area contributed by atoms with Crippen LogP contribution in [0.5, 0.6) is 0 Å². The van der Waals surface area contributed by atoms with Crippen molar-refractivity contribution >= 4 is 59.3 Å². The fourth-order valence-electron chi connectivity index (χ4n) is 4.84. The maximum Gasteiger partial charge on any atom is 0.363 e. The van der Waals surface area contributed by atoms with Crippen LogP contribution in [0.15, 0.2) is 47.6 Å². The van der Waals surface area contributed by atoms with Gasteiger partial charge in [-0.15, -0.1) is 5.06 Å². The van der Waals surface area contributed by atoms with Crippen molar-refractivity contribution in [2.75, 3.05) is 19.6 Å². The number of allylic oxidation sites excluding steroid dienone is 2. The van der Waals surface area contributed by atoms with Gasteiger partial charge in [0.25, 0.3) is 23.6 Å². The van der Waals surface area contributed by atoms with Gasteiger partial charge >= 0.3 is 17.9 Å². The van der Waals surface area contributed by atoms with E-state index in [1.54, 1.807) is 19.1 Å². The number of hydrogen-bond acceptors (Lipinski definition) is 11. The van der Waals surface area contributed by atoms with Crippen LogP contribution >= 0.6 is 0 Å². The first-order valence-electron chi connectivity index (χ1n) is 17.4. The van der Waals surface area contributed by atoms with E-state index in [9.17, 15) is 53.1 Å². The highest BCUT2D eigenvalue weighted by molar-refractivity contribution is 6.04. The molecule has 0 aromatic heterocycles. The Bertz CT molecular complexity index is 1700. The van der Waals surface area contributed by atoms with Crippen LogP contribution in [0, 0.1) is 0 Å². The molecule has 19 heteroatoms. The van der Waals surface area contributed by atoms with Crippen LogP contribution in [0.1, 0.15) is 92.9 Å². The molecular formula is C36H46N6O13. The fraction of sp³-hybridized carbons (Fsp3) is 0.444. The molecule has 298 valence electrons. The van der Waals surface area contributed by atoms with Gasteiger partial charge in [0, 0.05) is 36.9 Å². The Balaban J connectivity index is 1.87. The van der Waals surface area contributed by atoms with Gasteiger partial charge in [-0.05, 0) is 64.2 Å². The van der Waals surface area contributed by atoms with E-state index in [4.69, 9.17) is 9.94 Å². The van der Waals surface area contributed by atoms with E-state index in [2.05, 4.69) is 26.6 Å². The van der Waals surface area contributed by atoms with Gasteiger partial charge < -0.3 is 41.6 Å². The molecule has 1 aromatic carbocycles. The predicted octanol–water partition coefficient (Wildman–Crippen LogP) is 0.262. The average Bonchev–Trinajstić information content (AvgIpc) is 3.47. The molecule has 7 N–H and O–H groups in total.